The number of benzene rings is 1. The van der Waals surface area contributed by atoms with E-state index in [9.17, 15) is 4.79 Å². The van der Waals surface area contributed by atoms with Gasteiger partial charge in [0, 0.05) is 18.2 Å². The number of carboxylic acid groups (broad SMARTS) is 1. The Morgan fingerprint density at radius 3 is 2.83 bits per heavy atom. The second-order valence-corrected chi connectivity index (χ2v) is 4.09. The number of aromatic carboxylic acids is 1. The van der Waals surface area contributed by atoms with Gasteiger partial charge in [0.2, 0.25) is 0 Å². The fraction of sp³-hybridized carbons (Fsp3) is 0.231. The zero-order valence-electron chi connectivity index (χ0n) is 10.1. The Hall–Kier alpha value is -2.14. The molecule has 0 aliphatic carbocycles. The molecule has 5 heteroatoms. The molecule has 0 spiro atoms. The summed E-state index contributed by atoms with van der Waals surface area (Å²) >= 11 is 0. The molecule has 3 N–H and O–H groups in total. The van der Waals surface area contributed by atoms with Crippen LogP contribution in [-0.4, -0.2) is 21.3 Å². The molecule has 0 aliphatic rings. The zero-order chi connectivity index (χ0) is 13.0. The summed E-state index contributed by atoms with van der Waals surface area (Å²) in [6.07, 6.45) is 1.54. The van der Waals surface area contributed by atoms with E-state index in [1.165, 1.54) is 6.20 Å². The van der Waals surface area contributed by atoms with Crippen molar-refractivity contribution in [3.05, 3.63) is 53.3 Å². The van der Waals surface area contributed by atoms with Crippen LogP contribution in [0.25, 0.3) is 0 Å². The molecule has 1 atom stereocenters. The third-order valence-electron chi connectivity index (χ3n) is 2.83. The van der Waals surface area contributed by atoms with Crippen LogP contribution >= 0.6 is 0 Å². The molecule has 0 amide bonds. The van der Waals surface area contributed by atoms with Gasteiger partial charge in [-0.25, -0.2) is 4.79 Å². The summed E-state index contributed by atoms with van der Waals surface area (Å²) in [6, 6.07) is 10.1. The van der Waals surface area contributed by atoms with E-state index in [0.29, 0.717) is 12.1 Å². The normalized spacial score (nSPS) is 12.3. The molecule has 0 aliphatic heterocycles. The Kier molecular flexibility index (Phi) is 3.74. The van der Waals surface area contributed by atoms with Crippen LogP contribution in [0.2, 0.25) is 0 Å². The molecule has 0 saturated heterocycles. The van der Waals surface area contributed by atoms with Gasteiger partial charge in [-0.05, 0) is 12.5 Å². The van der Waals surface area contributed by atoms with Crippen molar-refractivity contribution in [2.24, 2.45) is 0 Å². The zero-order valence-corrected chi connectivity index (χ0v) is 10.1. The average Bonchev–Trinajstić information content (AvgIpc) is 2.85. The van der Waals surface area contributed by atoms with Crippen LogP contribution in [-0.2, 0) is 6.54 Å². The minimum Gasteiger partial charge on any atom is -0.477 e. The Morgan fingerprint density at radius 2 is 2.17 bits per heavy atom. The van der Waals surface area contributed by atoms with Crippen LogP contribution in [0.3, 0.4) is 0 Å². The number of hydrogen-bond acceptors (Lipinski definition) is 3. The number of aromatic amines is 1. The van der Waals surface area contributed by atoms with Crippen LogP contribution in [0.1, 0.15) is 34.6 Å². The highest BCUT2D eigenvalue weighted by Crippen LogP contribution is 2.13. The van der Waals surface area contributed by atoms with Crippen LogP contribution in [0, 0.1) is 0 Å². The van der Waals surface area contributed by atoms with Gasteiger partial charge in [0.05, 0.1) is 6.20 Å². The predicted octanol–water partition coefficient (Wildman–Crippen LogP) is 1.96. The molecule has 1 aromatic carbocycles. The number of hydrogen-bond donors (Lipinski definition) is 3. The van der Waals surface area contributed by atoms with Gasteiger partial charge in [-0.1, -0.05) is 30.3 Å². The Balaban J connectivity index is 1.99. The van der Waals surface area contributed by atoms with E-state index in [2.05, 4.69) is 15.5 Å². The largest absolute Gasteiger partial charge is 0.477 e. The predicted molar refractivity (Wildman–Crippen MR) is 67.2 cm³/mol. The van der Waals surface area contributed by atoms with E-state index in [0.717, 1.165) is 5.56 Å². The summed E-state index contributed by atoms with van der Waals surface area (Å²) in [4.78, 5) is 10.9. The second kappa shape index (κ2) is 5.46. The fourth-order valence-corrected chi connectivity index (χ4v) is 1.75. The lowest BCUT2D eigenvalue weighted by molar-refractivity contribution is 0.0689. The smallest absolute Gasteiger partial charge is 0.354 e. The molecule has 18 heavy (non-hydrogen) atoms. The van der Waals surface area contributed by atoms with E-state index >= 15 is 0 Å². The number of carboxylic acids is 1. The van der Waals surface area contributed by atoms with E-state index in [1.54, 1.807) is 0 Å². The molecule has 5 nitrogen and oxygen atoms in total. The van der Waals surface area contributed by atoms with Gasteiger partial charge in [0.25, 0.3) is 0 Å². The van der Waals surface area contributed by atoms with Gasteiger partial charge in [0.15, 0.2) is 0 Å². The first kappa shape index (κ1) is 12.3. The first-order valence-corrected chi connectivity index (χ1v) is 5.72. The Morgan fingerprint density at radius 1 is 1.44 bits per heavy atom. The van der Waals surface area contributed by atoms with Crippen molar-refractivity contribution in [3.63, 3.8) is 0 Å². The van der Waals surface area contributed by atoms with Crippen molar-refractivity contribution in [1.82, 2.24) is 15.5 Å². The molecule has 94 valence electrons. The third-order valence-corrected chi connectivity index (χ3v) is 2.83. The van der Waals surface area contributed by atoms with Crippen molar-refractivity contribution < 1.29 is 9.90 Å². The maximum atomic E-state index is 10.9. The lowest BCUT2D eigenvalue weighted by Gasteiger charge is -2.13. The minimum absolute atomic E-state index is 0.141. The molecular formula is C13H15N3O2. The molecule has 2 aromatic rings. The van der Waals surface area contributed by atoms with Crippen LogP contribution in [0.5, 0.6) is 0 Å². The molecule has 0 bridgehead atoms. The molecule has 0 radical (unpaired) electrons. The number of nitrogens with zero attached hydrogens (tertiary/aromatic N) is 1. The quantitative estimate of drug-likeness (QED) is 0.752. The first-order chi connectivity index (χ1) is 8.68. The second-order valence-electron chi connectivity index (χ2n) is 4.09. The summed E-state index contributed by atoms with van der Waals surface area (Å²) < 4.78 is 0. The first-order valence-electron chi connectivity index (χ1n) is 5.72. The number of carbonyl (C=O) groups is 1. The van der Waals surface area contributed by atoms with Gasteiger partial charge >= 0.3 is 5.97 Å². The topological polar surface area (TPSA) is 78.0 Å². The van der Waals surface area contributed by atoms with E-state index in [4.69, 9.17) is 5.11 Å². The Bertz CT molecular complexity index is 522. The molecular weight excluding hydrogens is 230 g/mol. The van der Waals surface area contributed by atoms with E-state index in [1.807, 2.05) is 37.3 Å². The lowest BCUT2D eigenvalue weighted by Crippen LogP contribution is -2.19. The summed E-state index contributed by atoms with van der Waals surface area (Å²) in [7, 11) is 0. The van der Waals surface area contributed by atoms with Crippen molar-refractivity contribution in [1.29, 1.82) is 0 Å². The van der Waals surface area contributed by atoms with Gasteiger partial charge < -0.3 is 10.4 Å². The highest BCUT2D eigenvalue weighted by Gasteiger charge is 2.13. The lowest BCUT2D eigenvalue weighted by atomic mass is 10.1. The summed E-state index contributed by atoms with van der Waals surface area (Å²) in [6.45, 7) is 2.50. The van der Waals surface area contributed by atoms with Gasteiger partial charge in [0.1, 0.15) is 5.69 Å². The Labute approximate surface area is 105 Å². The van der Waals surface area contributed by atoms with Crippen molar-refractivity contribution in [2.75, 3.05) is 0 Å². The molecule has 2 rings (SSSR count). The SMILES string of the molecule is CC(NCc1cn[nH]c1C(=O)O)c1ccccc1. The van der Waals surface area contributed by atoms with E-state index < -0.39 is 5.97 Å². The number of nitrogens with one attached hydrogen (secondary N) is 2. The average molecular weight is 245 g/mol. The number of rotatable bonds is 5. The van der Waals surface area contributed by atoms with Gasteiger partial charge in [-0.15, -0.1) is 0 Å². The highest BCUT2D eigenvalue weighted by atomic mass is 16.4. The summed E-state index contributed by atoms with van der Waals surface area (Å²) in [5, 5.41) is 18.4. The van der Waals surface area contributed by atoms with Crippen LogP contribution < -0.4 is 5.32 Å². The van der Waals surface area contributed by atoms with Crippen molar-refractivity contribution in [3.8, 4) is 0 Å². The van der Waals surface area contributed by atoms with Crippen molar-refractivity contribution in [2.45, 2.75) is 19.5 Å². The third kappa shape index (κ3) is 2.75. The molecule has 0 saturated carbocycles. The molecule has 1 unspecified atom stereocenters. The molecule has 1 aromatic heterocycles. The number of H-pyrrole nitrogens is 1. The summed E-state index contributed by atoms with van der Waals surface area (Å²) in [5.41, 5.74) is 1.96. The maximum absolute atomic E-state index is 10.9. The fourth-order valence-electron chi connectivity index (χ4n) is 1.75. The maximum Gasteiger partial charge on any atom is 0.354 e. The molecule has 1 heterocycles. The highest BCUT2D eigenvalue weighted by molar-refractivity contribution is 5.86. The van der Waals surface area contributed by atoms with E-state index in [-0.39, 0.29) is 11.7 Å². The standard InChI is InChI=1S/C13H15N3O2/c1-9(10-5-3-2-4-6-10)14-7-11-8-15-16-12(11)13(17)18/h2-6,8-9,14H,7H2,1H3,(H,15,16)(H,17,18). The van der Waals surface area contributed by atoms with Crippen LogP contribution in [0.4, 0.5) is 0 Å². The van der Waals surface area contributed by atoms with Crippen LogP contribution in [0.15, 0.2) is 36.5 Å². The number of aromatic nitrogens is 2. The van der Waals surface area contributed by atoms with Gasteiger partial charge in [-0.2, -0.15) is 5.10 Å². The minimum atomic E-state index is -0.989. The van der Waals surface area contributed by atoms with Crippen molar-refractivity contribution >= 4 is 5.97 Å². The monoisotopic (exact) mass is 245 g/mol. The summed E-state index contributed by atoms with van der Waals surface area (Å²) in [5.74, 6) is -0.989. The molecule has 0 fully saturated rings. The van der Waals surface area contributed by atoms with Gasteiger partial charge in [-0.3, -0.25) is 5.10 Å².